The molecule has 0 bridgehead atoms. The summed E-state index contributed by atoms with van der Waals surface area (Å²) in [5.41, 5.74) is 2.39. The second-order valence-electron chi connectivity index (χ2n) is 3.57. The summed E-state index contributed by atoms with van der Waals surface area (Å²) in [5.74, 6) is 0. The van der Waals surface area contributed by atoms with Crippen molar-refractivity contribution in [1.82, 2.24) is 14.8 Å². The summed E-state index contributed by atoms with van der Waals surface area (Å²) in [6.45, 7) is 4.11. The molecule has 0 spiro atoms. The van der Waals surface area contributed by atoms with E-state index in [0.29, 0.717) is 11.7 Å². The number of hydrogen-bond donors (Lipinski definition) is 1. The second kappa shape index (κ2) is 3.38. The van der Waals surface area contributed by atoms with Crippen molar-refractivity contribution < 1.29 is 5.11 Å². The summed E-state index contributed by atoms with van der Waals surface area (Å²) >= 11 is 0. The first-order valence-corrected chi connectivity index (χ1v) is 4.66. The van der Waals surface area contributed by atoms with E-state index in [1.165, 1.54) is 0 Å². The molecule has 2 rings (SSSR count). The zero-order valence-corrected chi connectivity index (χ0v) is 8.31. The summed E-state index contributed by atoms with van der Waals surface area (Å²) in [4.78, 5) is 4.26. The highest BCUT2D eigenvalue weighted by atomic mass is 16.3. The Balaban J connectivity index is 2.54. The molecule has 4 nitrogen and oxygen atoms in total. The van der Waals surface area contributed by atoms with Gasteiger partial charge in [-0.05, 0) is 26.0 Å². The lowest BCUT2D eigenvalue weighted by Crippen LogP contribution is -1.99. The van der Waals surface area contributed by atoms with E-state index in [-0.39, 0.29) is 6.61 Å². The third kappa shape index (κ3) is 1.48. The SMILES string of the molecule is CC(C)n1cc2nc(CO)ccc2n1. The molecule has 0 saturated heterocycles. The van der Waals surface area contributed by atoms with Gasteiger partial charge in [0.25, 0.3) is 0 Å². The van der Waals surface area contributed by atoms with E-state index < -0.39 is 0 Å². The van der Waals surface area contributed by atoms with Crippen LogP contribution < -0.4 is 0 Å². The van der Waals surface area contributed by atoms with Gasteiger partial charge in [0.1, 0.15) is 11.0 Å². The number of nitrogens with zero attached hydrogens (tertiary/aromatic N) is 3. The molecule has 0 radical (unpaired) electrons. The van der Waals surface area contributed by atoms with Gasteiger partial charge in [-0.3, -0.25) is 4.68 Å². The first-order chi connectivity index (χ1) is 6.70. The normalized spacial score (nSPS) is 11.4. The molecular weight excluding hydrogens is 178 g/mol. The van der Waals surface area contributed by atoms with Crippen LogP contribution in [0.4, 0.5) is 0 Å². The van der Waals surface area contributed by atoms with Gasteiger partial charge < -0.3 is 5.11 Å². The Kier molecular flexibility index (Phi) is 2.21. The van der Waals surface area contributed by atoms with Gasteiger partial charge in [-0.15, -0.1) is 0 Å². The molecular formula is C10H13N3O. The largest absolute Gasteiger partial charge is 0.390 e. The van der Waals surface area contributed by atoms with Gasteiger partial charge in [-0.1, -0.05) is 0 Å². The van der Waals surface area contributed by atoms with Crippen molar-refractivity contribution in [3.8, 4) is 0 Å². The van der Waals surface area contributed by atoms with Gasteiger partial charge in [-0.2, -0.15) is 5.10 Å². The maximum absolute atomic E-state index is 8.92. The molecule has 0 fully saturated rings. The number of aliphatic hydroxyl groups is 1. The van der Waals surface area contributed by atoms with E-state index >= 15 is 0 Å². The fourth-order valence-electron chi connectivity index (χ4n) is 1.32. The van der Waals surface area contributed by atoms with Crippen molar-refractivity contribution in [3.63, 3.8) is 0 Å². The molecule has 0 amide bonds. The van der Waals surface area contributed by atoms with E-state index in [4.69, 9.17) is 5.11 Å². The maximum Gasteiger partial charge on any atom is 0.111 e. The quantitative estimate of drug-likeness (QED) is 0.782. The van der Waals surface area contributed by atoms with Crippen molar-refractivity contribution >= 4 is 11.0 Å². The molecule has 0 aliphatic carbocycles. The molecule has 2 aromatic heterocycles. The molecule has 14 heavy (non-hydrogen) atoms. The molecule has 4 heteroatoms. The Labute approximate surface area is 82.2 Å². The Bertz CT molecular complexity index is 448. The van der Waals surface area contributed by atoms with Crippen LogP contribution in [-0.2, 0) is 6.61 Å². The van der Waals surface area contributed by atoms with Crippen LogP contribution in [0.5, 0.6) is 0 Å². The number of rotatable bonds is 2. The summed E-state index contributed by atoms with van der Waals surface area (Å²) in [7, 11) is 0. The number of hydrogen-bond acceptors (Lipinski definition) is 3. The lowest BCUT2D eigenvalue weighted by molar-refractivity contribution is 0.277. The van der Waals surface area contributed by atoms with Gasteiger partial charge in [0.05, 0.1) is 18.5 Å². The average molecular weight is 191 g/mol. The monoisotopic (exact) mass is 191 g/mol. The van der Waals surface area contributed by atoms with Crippen molar-refractivity contribution in [2.24, 2.45) is 0 Å². The number of fused-ring (bicyclic) bond motifs is 1. The van der Waals surface area contributed by atoms with Crippen LogP contribution in [0.2, 0.25) is 0 Å². The zero-order valence-electron chi connectivity index (χ0n) is 8.31. The molecule has 2 heterocycles. The highest BCUT2D eigenvalue weighted by Gasteiger charge is 2.04. The van der Waals surface area contributed by atoms with Crippen LogP contribution in [0.3, 0.4) is 0 Å². The Morgan fingerprint density at radius 1 is 1.36 bits per heavy atom. The number of aromatic nitrogens is 3. The van der Waals surface area contributed by atoms with Gasteiger partial charge in [-0.25, -0.2) is 4.98 Å². The average Bonchev–Trinajstić information content (AvgIpc) is 2.59. The molecule has 0 atom stereocenters. The lowest BCUT2D eigenvalue weighted by Gasteiger charge is -2.01. The van der Waals surface area contributed by atoms with Crippen LogP contribution in [0, 0.1) is 0 Å². The fraction of sp³-hybridized carbons (Fsp3) is 0.400. The maximum atomic E-state index is 8.92. The summed E-state index contributed by atoms with van der Waals surface area (Å²) < 4.78 is 1.87. The van der Waals surface area contributed by atoms with E-state index in [9.17, 15) is 0 Å². The van der Waals surface area contributed by atoms with Gasteiger partial charge in [0.15, 0.2) is 0 Å². The van der Waals surface area contributed by atoms with E-state index in [1.54, 1.807) is 6.07 Å². The predicted molar refractivity (Wildman–Crippen MR) is 53.8 cm³/mol. The summed E-state index contributed by atoms with van der Waals surface area (Å²) in [5, 5.41) is 13.3. The van der Waals surface area contributed by atoms with Crippen molar-refractivity contribution in [3.05, 3.63) is 24.0 Å². The summed E-state index contributed by atoms with van der Waals surface area (Å²) in [6, 6.07) is 4.01. The third-order valence-electron chi connectivity index (χ3n) is 2.13. The molecule has 74 valence electrons. The Hall–Kier alpha value is -1.42. The Morgan fingerprint density at radius 3 is 2.79 bits per heavy atom. The van der Waals surface area contributed by atoms with Crippen molar-refractivity contribution in [1.29, 1.82) is 0 Å². The smallest absolute Gasteiger partial charge is 0.111 e. The van der Waals surface area contributed by atoms with Crippen LogP contribution in [0.1, 0.15) is 25.6 Å². The first kappa shape index (κ1) is 9.15. The van der Waals surface area contributed by atoms with Crippen LogP contribution in [0.15, 0.2) is 18.3 Å². The van der Waals surface area contributed by atoms with E-state index in [1.807, 2.05) is 16.9 Å². The lowest BCUT2D eigenvalue weighted by atomic mass is 10.3. The molecule has 0 aliphatic heterocycles. The van der Waals surface area contributed by atoms with E-state index in [0.717, 1.165) is 11.0 Å². The minimum atomic E-state index is -0.0250. The topological polar surface area (TPSA) is 50.9 Å². The van der Waals surface area contributed by atoms with Crippen molar-refractivity contribution in [2.75, 3.05) is 0 Å². The molecule has 0 aliphatic rings. The molecule has 0 aromatic carbocycles. The standard InChI is InChI=1S/C10H13N3O/c1-7(2)13-5-10-9(12-13)4-3-8(6-14)11-10/h3-5,7,14H,6H2,1-2H3. The van der Waals surface area contributed by atoms with Crippen LogP contribution >= 0.6 is 0 Å². The van der Waals surface area contributed by atoms with Gasteiger partial charge >= 0.3 is 0 Å². The predicted octanol–water partition coefficient (Wildman–Crippen LogP) is 1.50. The minimum Gasteiger partial charge on any atom is -0.390 e. The highest BCUT2D eigenvalue weighted by Crippen LogP contribution is 2.13. The highest BCUT2D eigenvalue weighted by molar-refractivity contribution is 5.73. The van der Waals surface area contributed by atoms with Crippen LogP contribution in [0.25, 0.3) is 11.0 Å². The molecule has 1 N–H and O–H groups in total. The number of aliphatic hydroxyl groups excluding tert-OH is 1. The van der Waals surface area contributed by atoms with Gasteiger partial charge in [0, 0.05) is 6.04 Å². The van der Waals surface area contributed by atoms with Crippen LogP contribution in [-0.4, -0.2) is 19.9 Å². The Morgan fingerprint density at radius 2 is 2.14 bits per heavy atom. The van der Waals surface area contributed by atoms with E-state index in [2.05, 4.69) is 23.9 Å². The number of pyridine rings is 1. The van der Waals surface area contributed by atoms with Gasteiger partial charge in [0.2, 0.25) is 0 Å². The fourth-order valence-corrected chi connectivity index (χ4v) is 1.32. The molecule has 0 saturated carbocycles. The summed E-state index contributed by atoms with van der Waals surface area (Å²) in [6.07, 6.45) is 1.90. The molecule has 0 unspecified atom stereocenters. The third-order valence-corrected chi connectivity index (χ3v) is 2.13. The first-order valence-electron chi connectivity index (χ1n) is 4.66. The van der Waals surface area contributed by atoms with Crippen molar-refractivity contribution in [2.45, 2.75) is 26.5 Å². The minimum absolute atomic E-state index is 0.0250. The zero-order chi connectivity index (χ0) is 10.1. The second-order valence-corrected chi connectivity index (χ2v) is 3.57. The molecule has 2 aromatic rings.